The molecule has 0 amide bonds. The molecule has 0 unspecified atom stereocenters. The maximum absolute atomic E-state index is 4.20. The average molecular weight is 279 g/mol. The van der Waals surface area contributed by atoms with Crippen LogP contribution in [0.3, 0.4) is 0 Å². The van der Waals surface area contributed by atoms with Crippen molar-refractivity contribution in [3.8, 4) is 0 Å². The first-order valence-electron chi connectivity index (χ1n) is 8.39. The molecule has 0 radical (unpaired) electrons. The van der Waals surface area contributed by atoms with Crippen LogP contribution in [0.25, 0.3) is 0 Å². The van der Waals surface area contributed by atoms with Crippen molar-refractivity contribution in [2.45, 2.75) is 33.6 Å². The van der Waals surface area contributed by atoms with E-state index in [4.69, 9.17) is 0 Å². The van der Waals surface area contributed by atoms with Crippen LogP contribution in [0.15, 0.2) is 12.2 Å². The van der Waals surface area contributed by atoms with E-state index in [1.165, 1.54) is 64.4 Å². The first-order chi connectivity index (χ1) is 9.54. The number of piperazine rings is 1. The molecule has 0 atom stereocenters. The quantitative estimate of drug-likeness (QED) is 0.716. The first kappa shape index (κ1) is 16.0. The minimum atomic E-state index is 0.614. The van der Waals surface area contributed by atoms with Crippen molar-refractivity contribution < 1.29 is 0 Å². The van der Waals surface area contributed by atoms with Crippen LogP contribution < -0.4 is 0 Å². The Labute approximate surface area is 125 Å². The van der Waals surface area contributed by atoms with Crippen molar-refractivity contribution in [2.24, 2.45) is 11.8 Å². The lowest BCUT2D eigenvalue weighted by Crippen LogP contribution is -2.51. The Bertz CT molecular complexity index is 297. The lowest BCUT2D eigenvalue weighted by atomic mass is 10.00. The van der Waals surface area contributed by atoms with Gasteiger partial charge in [-0.2, -0.15) is 0 Å². The van der Waals surface area contributed by atoms with Crippen molar-refractivity contribution in [3.63, 3.8) is 0 Å². The lowest BCUT2D eigenvalue weighted by Gasteiger charge is -2.39. The molecular formula is C17H33N3. The number of piperidine rings is 1. The molecule has 2 aliphatic rings. The van der Waals surface area contributed by atoms with E-state index >= 15 is 0 Å². The average Bonchev–Trinajstić information content (AvgIpc) is 2.43. The number of likely N-dealkylation sites (tertiary alicyclic amines) is 1. The second-order valence-electron chi connectivity index (χ2n) is 7.15. The van der Waals surface area contributed by atoms with Crippen molar-refractivity contribution in [1.82, 2.24) is 14.7 Å². The van der Waals surface area contributed by atoms with Crippen LogP contribution >= 0.6 is 0 Å². The molecule has 2 saturated heterocycles. The summed E-state index contributed by atoms with van der Waals surface area (Å²) in [4.78, 5) is 7.84. The maximum atomic E-state index is 4.20. The summed E-state index contributed by atoms with van der Waals surface area (Å²) in [6.07, 6.45) is 2.77. The fourth-order valence-electron chi connectivity index (χ4n) is 3.04. The molecule has 0 N–H and O–H groups in total. The van der Waals surface area contributed by atoms with Gasteiger partial charge in [-0.05, 0) is 37.8 Å². The monoisotopic (exact) mass is 279 g/mol. The zero-order chi connectivity index (χ0) is 14.5. The molecule has 0 spiro atoms. The van der Waals surface area contributed by atoms with Crippen LogP contribution in [-0.2, 0) is 0 Å². The van der Waals surface area contributed by atoms with Crippen LogP contribution in [0.4, 0.5) is 0 Å². The highest BCUT2D eigenvalue weighted by atomic mass is 15.3. The van der Waals surface area contributed by atoms with Gasteiger partial charge in [0.05, 0.1) is 6.67 Å². The fraction of sp³-hybridized carbons (Fsp3) is 0.882. The molecule has 0 aromatic heterocycles. The van der Waals surface area contributed by atoms with E-state index in [0.29, 0.717) is 5.92 Å². The molecule has 2 fully saturated rings. The van der Waals surface area contributed by atoms with Gasteiger partial charge < -0.3 is 0 Å². The third-order valence-corrected chi connectivity index (χ3v) is 4.98. The summed E-state index contributed by atoms with van der Waals surface area (Å²) in [5.41, 5.74) is 1.38. The Kier molecular flexibility index (Phi) is 6.06. The van der Waals surface area contributed by atoms with E-state index in [1.54, 1.807) is 0 Å². The van der Waals surface area contributed by atoms with Crippen LogP contribution in [-0.4, -0.2) is 67.2 Å². The van der Waals surface area contributed by atoms with E-state index in [0.717, 1.165) is 12.5 Å². The van der Waals surface area contributed by atoms with E-state index in [-0.39, 0.29) is 0 Å². The minimum absolute atomic E-state index is 0.614. The summed E-state index contributed by atoms with van der Waals surface area (Å²) in [6.45, 7) is 20.8. The van der Waals surface area contributed by atoms with Crippen LogP contribution in [0.2, 0.25) is 0 Å². The van der Waals surface area contributed by atoms with Crippen molar-refractivity contribution in [1.29, 1.82) is 0 Å². The van der Waals surface area contributed by atoms with Crippen molar-refractivity contribution in [3.05, 3.63) is 12.2 Å². The first-order valence-corrected chi connectivity index (χ1v) is 8.39. The maximum Gasteiger partial charge on any atom is 0.0507 e. The van der Waals surface area contributed by atoms with Gasteiger partial charge in [0, 0.05) is 32.7 Å². The van der Waals surface area contributed by atoms with Gasteiger partial charge in [0.1, 0.15) is 0 Å². The number of rotatable bonds is 5. The van der Waals surface area contributed by atoms with Crippen molar-refractivity contribution >= 4 is 0 Å². The predicted molar refractivity (Wildman–Crippen MR) is 86.8 cm³/mol. The standard InChI is InChI=1S/C17H33N3/c1-15(2)17(4)13-18-9-11-20(12-10-18)14-19-7-5-16(3)6-8-19/h15-16H,4-14H2,1-3H3. The van der Waals surface area contributed by atoms with Gasteiger partial charge in [-0.3, -0.25) is 14.7 Å². The zero-order valence-corrected chi connectivity index (χ0v) is 13.8. The molecule has 0 aliphatic carbocycles. The Hall–Kier alpha value is -0.380. The molecule has 0 bridgehead atoms. The van der Waals surface area contributed by atoms with Crippen LogP contribution in [0.5, 0.6) is 0 Å². The van der Waals surface area contributed by atoms with Gasteiger partial charge in [0.15, 0.2) is 0 Å². The summed E-state index contributed by atoms with van der Waals surface area (Å²) < 4.78 is 0. The third-order valence-electron chi connectivity index (χ3n) is 4.98. The summed E-state index contributed by atoms with van der Waals surface area (Å²) in [5.74, 6) is 1.55. The molecule has 2 rings (SSSR count). The van der Waals surface area contributed by atoms with Crippen LogP contribution in [0, 0.1) is 11.8 Å². The molecule has 0 saturated carbocycles. The fourth-order valence-corrected chi connectivity index (χ4v) is 3.04. The molecule has 0 aromatic rings. The Balaban J connectivity index is 1.65. The molecule has 116 valence electrons. The lowest BCUT2D eigenvalue weighted by molar-refractivity contribution is 0.0599. The summed E-state index contributed by atoms with van der Waals surface area (Å²) in [6, 6.07) is 0. The van der Waals surface area contributed by atoms with E-state index in [2.05, 4.69) is 42.0 Å². The molecule has 2 aliphatic heterocycles. The Morgan fingerprint density at radius 2 is 1.45 bits per heavy atom. The molecular weight excluding hydrogens is 246 g/mol. The van der Waals surface area contributed by atoms with Gasteiger partial charge in [0.2, 0.25) is 0 Å². The summed E-state index contributed by atoms with van der Waals surface area (Å²) in [5, 5.41) is 0. The number of nitrogens with zero attached hydrogens (tertiary/aromatic N) is 3. The minimum Gasteiger partial charge on any atom is -0.297 e. The molecule has 2 heterocycles. The normalized spacial score (nSPS) is 24.4. The predicted octanol–water partition coefficient (Wildman–Crippen LogP) is 2.51. The zero-order valence-electron chi connectivity index (χ0n) is 13.8. The summed E-state index contributed by atoms with van der Waals surface area (Å²) in [7, 11) is 0. The van der Waals surface area contributed by atoms with Gasteiger partial charge in [-0.1, -0.05) is 32.9 Å². The van der Waals surface area contributed by atoms with E-state index in [9.17, 15) is 0 Å². The highest BCUT2D eigenvalue weighted by Gasteiger charge is 2.21. The van der Waals surface area contributed by atoms with Gasteiger partial charge in [0.25, 0.3) is 0 Å². The van der Waals surface area contributed by atoms with E-state index < -0.39 is 0 Å². The molecule has 20 heavy (non-hydrogen) atoms. The Morgan fingerprint density at radius 1 is 0.950 bits per heavy atom. The second-order valence-corrected chi connectivity index (χ2v) is 7.15. The molecule has 3 heteroatoms. The van der Waals surface area contributed by atoms with Gasteiger partial charge in [-0.25, -0.2) is 0 Å². The highest BCUT2D eigenvalue weighted by Crippen LogP contribution is 2.17. The second kappa shape index (κ2) is 7.58. The largest absolute Gasteiger partial charge is 0.297 e. The smallest absolute Gasteiger partial charge is 0.0507 e. The molecule has 0 aromatic carbocycles. The van der Waals surface area contributed by atoms with Crippen molar-refractivity contribution in [2.75, 3.05) is 52.5 Å². The Morgan fingerprint density at radius 3 is 2.00 bits per heavy atom. The topological polar surface area (TPSA) is 9.72 Å². The summed E-state index contributed by atoms with van der Waals surface area (Å²) >= 11 is 0. The number of hydrogen-bond donors (Lipinski definition) is 0. The molecule has 3 nitrogen and oxygen atoms in total. The van der Waals surface area contributed by atoms with Gasteiger partial charge >= 0.3 is 0 Å². The van der Waals surface area contributed by atoms with E-state index in [1.807, 2.05) is 0 Å². The highest BCUT2D eigenvalue weighted by molar-refractivity contribution is 5.00. The van der Waals surface area contributed by atoms with Crippen LogP contribution in [0.1, 0.15) is 33.6 Å². The van der Waals surface area contributed by atoms with Gasteiger partial charge in [-0.15, -0.1) is 0 Å². The third kappa shape index (κ3) is 4.87. The SMILES string of the molecule is C=C(CN1CCN(CN2CCC(C)CC2)CC1)C(C)C. The number of hydrogen-bond acceptors (Lipinski definition) is 3.